The molecule has 10 heteroatoms. The van der Waals surface area contributed by atoms with Gasteiger partial charge in [0.1, 0.15) is 5.75 Å². The largest absolute Gasteiger partial charge is 0.494 e. The fourth-order valence-electron chi connectivity index (χ4n) is 2.94. The Labute approximate surface area is 176 Å². The Balaban J connectivity index is 1.43. The Bertz CT molecular complexity index is 872. The van der Waals surface area contributed by atoms with E-state index >= 15 is 0 Å². The Morgan fingerprint density at radius 3 is 2.46 bits per heavy atom. The summed E-state index contributed by atoms with van der Waals surface area (Å²) in [5.41, 5.74) is 0.364. The second kappa shape index (κ2) is 9.15. The van der Waals surface area contributed by atoms with Crippen LogP contribution in [0.2, 0.25) is 10.3 Å². The van der Waals surface area contributed by atoms with E-state index in [1.165, 1.54) is 13.2 Å². The topological polar surface area (TPSA) is 67.7 Å². The maximum Gasteiger partial charge on any atom is 0.287 e. The van der Waals surface area contributed by atoms with E-state index in [-0.39, 0.29) is 11.2 Å². The molecule has 0 fully saturated rings. The van der Waals surface area contributed by atoms with E-state index in [4.69, 9.17) is 27.9 Å². The molecule has 7 nitrogen and oxygen atoms in total. The van der Waals surface area contributed by atoms with Crippen LogP contribution in [0.5, 0.6) is 5.75 Å². The van der Waals surface area contributed by atoms with Crippen LogP contribution in [0.4, 0.5) is 5.82 Å². The van der Waals surface area contributed by atoms with Crippen LogP contribution in [0.3, 0.4) is 0 Å². The molecule has 0 radical (unpaired) electrons. The molecule has 0 spiro atoms. The number of nitrogens with zero attached hydrogens (tertiary/aromatic N) is 4. The van der Waals surface area contributed by atoms with Crippen molar-refractivity contribution in [3.63, 3.8) is 0 Å². The molecule has 1 aromatic heterocycles. The Morgan fingerprint density at radius 1 is 1.07 bits per heavy atom. The van der Waals surface area contributed by atoms with E-state index in [2.05, 4.69) is 4.98 Å². The summed E-state index contributed by atoms with van der Waals surface area (Å²) in [4.78, 5) is 16.8. The first-order chi connectivity index (χ1) is 13.4. The second-order valence-corrected chi connectivity index (χ2v) is 8.69. The number of carbonyl (C=O) groups is 1. The number of imidazole rings is 1. The standard InChI is InChI=1S/C18H22Cl2N4O3S/c1-22-15-16(21-18(22)20)23(2)28(26)24(17(15)25)11-5-3-4-6-12-27-14-9-7-13(19)8-10-14/h7-10H,3-6,11-12H2,1-2H3. The lowest BCUT2D eigenvalue weighted by atomic mass is 10.2. The van der Waals surface area contributed by atoms with Gasteiger partial charge in [-0.1, -0.05) is 24.4 Å². The molecule has 1 aliphatic heterocycles. The van der Waals surface area contributed by atoms with Crippen LogP contribution in [-0.4, -0.2) is 44.2 Å². The van der Waals surface area contributed by atoms with E-state index < -0.39 is 11.2 Å². The van der Waals surface area contributed by atoms with Crippen molar-refractivity contribution in [3.8, 4) is 5.75 Å². The van der Waals surface area contributed by atoms with Gasteiger partial charge in [-0.3, -0.25) is 9.10 Å². The van der Waals surface area contributed by atoms with Crippen LogP contribution in [0.25, 0.3) is 0 Å². The average Bonchev–Trinajstić information content (AvgIpc) is 2.98. The number of aromatic nitrogens is 2. The lowest BCUT2D eigenvalue weighted by Gasteiger charge is -2.31. The quantitative estimate of drug-likeness (QED) is 0.580. The predicted octanol–water partition coefficient (Wildman–Crippen LogP) is 3.84. The number of hydrogen-bond donors (Lipinski definition) is 0. The van der Waals surface area contributed by atoms with Gasteiger partial charge in [-0.15, -0.1) is 0 Å². The van der Waals surface area contributed by atoms with Crippen LogP contribution in [0, 0.1) is 0 Å². The summed E-state index contributed by atoms with van der Waals surface area (Å²) in [6.45, 7) is 1.03. The van der Waals surface area contributed by atoms with Crippen LogP contribution in [0.1, 0.15) is 36.2 Å². The lowest BCUT2D eigenvalue weighted by Crippen LogP contribution is -2.46. The molecule has 0 saturated carbocycles. The van der Waals surface area contributed by atoms with Gasteiger partial charge in [0.25, 0.3) is 5.91 Å². The third-order valence-corrected chi connectivity index (χ3v) is 6.47. The van der Waals surface area contributed by atoms with E-state index in [0.29, 0.717) is 29.7 Å². The van der Waals surface area contributed by atoms with Crippen LogP contribution >= 0.6 is 23.2 Å². The number of ether oxygens (including phenoxy) is 1. The van der Waals surface area contributed by atoms with E-state index in [9.17, 15) is 9.00 Å². The zero-order valence-electron chi connectivity index (χ0n) is 15.7. The van der Waals surface area contributed by atoms with Crippen LogP contribution in [0.15, 0.2) is 24.3 Å². The molecular weight excluding hydrogens is 423 g/mol. The van der Waals surface area contributed by atoms with Crippen LogP contribution in [-0.2, 0) is 18.2 Å². The summed E-state index contributed by atoms with van der Waals surface area (Å²) in [6, 6.07) is 7.28. The number of unbranched alkanes of at least 4 members (excludes halogenated alkanes) is 3. The number of carbonyl (C=O) groups excluding carboxylic acids is 1. The van der Waals surface area contributed by atoms with Gasteiger partial charge in [0.15, 0.2) is 11.5 Å². The second-order valence-electron chi connectivity index (χ2n) is 6.46. The molecule has 0 aliphatic carbocycles. The Kier molecular flexibility index (Phi) is 6.85. The minimum absolute atomic E-state index is 0.199. The summed E-state index contributed by atoms with van der Waals surface area (Å²) in [5.74, 6) is 0.846. The molecular formula is C18H22Cl2N4O3S. The highest BCUT2D eigenvalue weighted by Crippen LogP contribution is 2.30. The van der Waals surface area contributed by atoms with Crippen molar-refractivity contribution in [2.24, 2.45) is 7.05 Å². The van der Waals surface area contributed by atoms with Gasteiger partial charge in [0.05, 0.1) is 6.61 Å². The summed E-state index contributed by atoms with van der Waals surface area (Å²) in [7, 11) is 3.32. The van der Waals surface area contributed by atoms with Crippen molar-refractivity contribution >= 4 is 46.1 Å². The summed E-state index contributed by atoms with van der Waals surface area (Å²) >= 11 is 10.3. The highest BCUT2D eigenvalue weighted by Gasteiger charge is 2.38. The molecule has 3 rings (SSSR count). The van der Waals surface area contributed by atoms with Gasteiger partial charge in [0.2, 0.25) is 16.5 Å². The van der Waals surface area contributed by atoms with Crippen molar-refractivity contribution in [2.75, 3.05) is 24.5 Å². The maximum absolute atomic E-state index is 12.7. The van der Waals surface area contributed by atoms with Crippen molar-refractivity contribution < 1.29 is 13.7 Å². The van der Waals surface area contributed by atoms with Gasteiger partial charge in [-0.05, 0) is 48.7 Å². The highest BCUT2D eigenvalue weighted by atomic mass is 35.5. The van der Waals surface area contributed by atoms with Gasteiger partial charge in [-0.2, -0.15) is 4.98 Å². The minimum Gasteiger partial charge on any atom is -0.494 e. The number of amides is 1. The SMILES string of the molecule is CN1c2nc(Cl)n(C)c2C(=O)N(CCCCCCOc2ccc(Cl)cc2)S1=O. The molecule has 0 bridgehead atoms. The van der Waals surface area contributed by atoms with Gasteiger partial charge < -0.3 is 9.30 Å². The maximum atomic E-state index is 12.7. The number of rotatable bonds is 8. The third-order valence-electron chi connectivity index (χ3n) is 4.51. The molecule has 0 N–H and O–H groups in total. The minimum atomic E-state index is -1.60. The van der Waals surface area contributed by atoms with E-state index in [0.717, 1.165) is 31.4 Å². The van der Waals surface area contributed by atoms with Gasteiger partial charge in [0, 0.05) is 25.7 Å². The first-order valence-corrected chi connectivity index (χ1v) is 10.8. The first kappa shape index (κ1) is 21.0. The Morgan fingerprint density at radius 2 is 1.75 bits per heavy atom. The molecule has 152 valence electrons. The Hall–Kier alpha value is -1.77. The summed E-state index contributed by atoms with van der Waals surface area (Å²) in [6.07, 6.45) is 3.53. The summed E-state index contributed by atoms with van der Waals surface area (Å²) in [5, 5.41) is 0.882. The summed E-state index contributed by atoms with van der Waals surface area (Å²) < 4.78 is 22.6. The van der Waals surface area contributed by atoms with Crippen molar-refractivity contribution in [3.05, 3.63) is 40.3 Å². The van der Waals surface area contributed by atoms with Gasteiger partial charge >= 0.3 is 0 Å². The predicted molar refractivity (Wildman–Crippen MR) is 111 cm³/mol. The molecule has 1 aliphatic rings. The molecule has 1 amide bonds. The molecule has 2 heterocycles. The normalized spacial score (nSPS) is 16.4. The molecule has 28 heavy (non-hydrogen) atoms. The number of fused-ring (bicyclic) bond motifs is 1. The lowest BCUT2D eigenvalue weighted by molar-refractivity contribution is 0.0853. The van der Waals surface area contributed by atoms with Crippen molar-refractivity contribution in [2.45, 2.75) is 25.7 Å². The monoisotopic (exact) mass is 444 g/mol. The first-order valence-electron chi connectivity index (χ1n) is 8.98. The molecule has 1 atom stereocenters. The molecule has 1 aromatic carbocycles. The number of halogens is 2. The third kappa shape index (κ3) is 4.45. The number of anilines is 1. The number of benzene rings is 1. The zero-order chi connectivity index (χ0) is 20.3. The fraction of sp³-hybridized carbons (Fsp3) is 0.444. The van der Waals surface area contributed by atoms with Gasteiger partial charge in [-0.25, -0.2) is 8.51 Å². The van der Waals surface area contributed by atoms with Crippen LogP contribution < -0.4 is 9.04 Å². The highest BCUT2D eigenvalue weighted by molar-refractivity contribution is 7.84. The van der Waals surface area contributed by atoms with E-state index in [1.807, 2.05) is 12.1 Å². The van der Waals surface area contributed by atoms with E-state index in [1.54, 1.807) is 26.2 Å². The average molecular weight is 445 g/mol. The fourth-order valence-corrected chi connectivity index (χ4v) is 4.31. The molecule has 2 aromatic rings. The smallest absolute Gasteiger partial charge is 0.287 e. The molecule has 1 unspecified atom stereocenters. The molecule has 0 saturated heterocycles. The van der Waals surface area contributed by atoms with Crippen molar-refractivity contribution in [1.29, 1.82) is 0 Å². The zero-order valence-corrected chi connectivity index (χ0v) is 18.1. The van der Waals surface area contributed by atoms with Crippen molar-refractivity contribution in [1.82, 2.24) is 13.9 Å². The number of hydrogen-bond acceptors (Lipinski definition) is 4.